The summed E-state index contributed by atoms with van der Waals surface area (Å²) < 4.78 is 26.4. The van der Waals surface area contributed by atoms with Gasteiger partial charge in [0.1, 0.15) is 5.82 Å². The Kier molecular flexibility index (Phi) is 4.73. The number of nitrogens with zero attached hydrogens (tertiary/aromatic N) is 3. The van der Waals surface area contributed by atoms with Gasteiger partial charge in [0, 0.05) is 25.1 Å². The van der Waals surface area contributed by atoms with Gasteiger partial charge in [-0.2, -0.15) is 4.31 Å². The van der Waals surface area contributed by atoms with E-state index in [9.17, 15) is 18.0 Å². The molecule has 2 heterocycles. The molecule has 0 radical (unpaired) electrons. The maximum Gasteiger partial charge on any atom is 0.253 e. The highest BCUT2D eigenvalue weighted by Gasteiger charge is 2.26. The van der Waals surface area contributed by atoms with Crippen molar-refractivity contribution in [3.05, 3.63) is 27.9 Å². The third kappa shape index (κ3) is 3.67. The molecule has 1 aliphatic heterocycles. The second kappa shape index (κ2) is 6.64. The molecule has 0 spiro atoms. The molecule has 1 amide bonds. The first kappa shape index (κ1) is 17.1. The van der Waals surface area contributed by atoms with Gasteiger partial charge < -0.3 is 5.32 Å². The Morgan fingerprint density at radius 2 is 2.08 bits per heavy atom. The van der Waals surface area contributed by atoms with Gasteiger partial charge in [-0.15, -0.1) is 0 Å². The largest absolute Gasteiger partial charge is 0.350 e. The maximum atomic E-state index is 12.3. The third-order valence-corrected chi connectivity index (χ3v) is 5.89. The van der Waals surface area contributed by atoms with E-state index in [2.05, 4.69) is 10.3 Å². The predicted molar refractivity (Wildman–Crippen MR) is 87.6 cm³/mol. The summed E-state index contributed by atoms with van der Waals surface area (Å²) in [6, 6.07) is 1.42. The van der Waals surface area contributed by atoms with Crippen LogP contribution in [0.1, 0.15) is 37.2 Å². The lowest BCUT2D eigenvalue weighted by Gasteiger charge is -2.24. The van der Waals surface area contributed by atoms with Gasteiger partial charge in [-0.05, 0) is 19.3 Å². The van der Waals surface area contributed by atoms with E-state index in [4.69, 9.17) is 0 Å². The molecule has 1 aliphatic carbocycles. The molecule has 0 aromatic carbocycles. The second-order valence-corrected chi connectivity index (χ2v) is 8.43. The van der Waals surface area contributed by atoms with Crippen molar-refractivity contribution in [3.63, 3.8) is 0 Å². The van der Waals surface area contributed by atoms with Crippen molar-refractivity contribution in [3.8, 4) is 0 Å². The van der Waals surface area contributed by atoms with E-state index in [0.29, 0.717) is 31.0 Å². The Morgan fingerprint density at radius 3 is 2.71 bits per heavy atom. The molecule has 1 aromatic heterocycles. The van der Waals surface area contributed by atoms with Crippen LogP contribution in [0.4, 0.5) is 0 Å². The highest BCUT2D eigenvalue weighted by molar-refractivity contribution is 7.88. The average molecular weight is 354 g/mol. The molecule has 24 heavy (non-hydrogen) atoms. The molecule has 2 aliphatic rings. The van der Waals surface area contributed by atoms with Gasteiger partial charge in [-0.25, -0.2) is 13.4 Å². The summed E-state index contributed by atoms with van der Waals surface area (Å²) in [5.74, 6) is 0.502. The molecule has 8 nitrogen and oxygen atoms in total. The standard InChI is InChI=1S/C15H22N4O4S/c1-24(22,23)18-6-3-7-19-13(10-18)17-12(8-14(19)20)9-16-15(21)11-4-2-5-11/h8,11H,2-7,9-10H2,1H3,(H,16,21). The zero-order valence-electron chi connectivity index (χ0n) is 13.7. The van der Waals surface area contributed by atoms with E-state index in [1.165, 1.54) is 14.9 Å². The number of aromatic nitrogens is 2. The molecule has 3 rings (SSSR count). The lowest BCUT2D eigenvalue weighted by atomic mass is 9.85. The molecule has 132 valence electrons. The Labute approximate surface area is 140 Å². The van der Waals surface area contributed by atoms with Crippen molar-refractivity contribution >= 4 is 15.9 Å². The number of carbonyl (C=O) groups excluding carboxylic acids is 1. The van der Waals surface area contributed by atoms with Crippen molar-refractivity contribution in [1.82, 2.24) is 19.2 Å². The van der Waals surface area contributed by atoms with E-state index in [1.807, 2.05) is 0 Å². The Bertz CT molecular complexity index is 798. The van der Waals surface area contributed by atoms with Crippen LogP contribution in [0.25, 0.3) is 0 Å². The minimum absolute atomic E-state index is 0.00384. The van der Waals surface area contributed by atoms with E-state index in [0.717, 1.165) is 25.5 Å². The van der Waals surface area contributed by atoms with Gasteiger partial charge in [0.05, 0.1) is 25.0 Å². The molecule has 1 fully saturated rings. The van der Waals surface area contributed by atoms with Crippen LogP contribution in [-0.2, 0) is 34.5 Å². The van der Waals surface area contributed by atoms with Crippen LogP contribution in [0.15, 0.2) is 10.9 Å². The van der Waals surface area contributed by atoms with Crippen LogP contribution in [0.5, 0.6) is 0 Å². The SMILES string of the molecule is CS(=O)(=O)N1CCCn2c(nc(CNC(=O)C3CCC3)cc2=O)C1. The lowest BCUT2D eigenvalue weighted by molar-refractivity contribution is -0.127. The molecule has 0 bridgehead atoms. The highest BCUT2D eigenvalue weighted by atomic mass is 32.2. The van der Waals surface area contributed by atoms with Crippen LogP contribution in [-0.4, -0.2) is 41.0 Å². The number of hydrogen-bond donors (Lipinski definition) is 1. The number of sulfonamides is 1. The van der Waals surface area contributed by atoms with E-state index < -0.39 is 10.0 Å². The number of rotatable bonds is 4. The van der Waals surface area contributed by atoms with Gasteiger partial charge >= 0.3 is 0 Å². The van der Waals surface area contributed by atoms with Gasteiger partial charge in [0.15, 0.2) is 0 Å². The second-order valence-electron chi connectivity index (χ2n) is 6.45. The molecule has 1 aromatic rings. The maximum absolute atomic E-state index is 12.3. The number of fused-ring (bicyclic) bond motifs is 1. The molecule has 0 saturated heterocycles. The summed E-state index contributed by atoms with van der Waals surface area (Å²) in [7, 11) is -3.34. The third-order valence-electron chi connectivity index (χ3n) is 4.64. The molecular weight excluding hydrogens is 332 g/mol. The van der Waals surface area contributed by atoms with Crippen molar-refractivity contribution < 1.29 is 13.2 Å². The zero-order valence-corrected chi connectivity index (χ0v) is 14.5. The molecule has 0 atom stereocenters. The minimum atomic E-state index is -3.34. The molecule has 0 unspecified atom stereocenters. The van der Waals surface area contributed by atoms with Crippen molar-refractivity contribution in [2.24, 2.45) is 5.92 Å². The molecule has 1 saturated carbocycles. The Balaban J connectivity index is 1.78. The fourth-order valence-electron chi connectivity index (χ4n) is 2.97. The summed E-state index contributed by atoms with van der Waals surface area (Å²) in [4.78, 5) is 28.6. The summed E-state index contributed by atoms with van der Waals surface area (Å²) in [6.07, 6.45) is 4.63. The monoisotopic (exact) mass is 354 g/mol. The van der Waals surface area contributed by atoms with Crippen LogP contribution in [0, 0.1) is 5.92 Å². The minimum Gasteiger partial charge on any atom is -0.350 e. The molecular formula is C15H22N4O4S. The predicted octanol–water partition coefficient (Wildman–Crippen LogP) is -0.175. The summed E-state index contributed by atoms with van der Waals surface area (Å²) in [6.45, 7) is 1.09. The van der Waals surface area contributed by atoms with Gasteiger partial charge in [-0.1, -0.05) is 6.42 Å². The Morgan fingerprint density at radius 1 is 1.33 bits per heavy atom. The number of amides is 1. The van der Waals surface area contributed by atoms with E-state index in [1.54, 1.807) is 0 Å². The smallest absolute Gasteiger partial charge is 0.253 e. The summed E-state index contributed by atoms with van der Waals surface area (Å²) >= 11 is 0. The first-order valence-corrected chi connectivity index (χ1v) is 10.0. The number of nitrogens with one attached hydrogen (secondary N) is 1. The van der Waals surface area contributed by atoms with Crippen LogP contribution >= 0.6 is 0 Å². The number of carbonyl (C=O) groups is 1. The fraction of sp³-hybridized carbons (Fsp3) is 0.667. The molecule has 9 heteroatoms. The van der Waals surface area contributed by atoms with Crippen LogP contribution < -0.4 is 10.9 Å². The Hall–Kier alpha value is -1.74. The summed E-state index contributed by atoms with van der Waals surface area (Å²) in [5, 5.41) is 2.81. The fourth-order valence-corrected chi connectivity index (χ4v) is 3.78. The number of hydrogen-bond acceptors (Lipinski definition) is 5. The van der Waals surface area contributed by atoms with Crippen molar-refractivity contribution in [2.75, 3.05) is 12.8 Å². The quantitative estimate of drug-likeness (QED) is 0.809. The van der Waals surface area contributed by atoms with Crippen LogP contribution in [0.2, 0.25) is 0 Å². The summed E-state index contributed by atoms with van der Waals surface area (Å²) in [5.41, 5.74) is 0.262. The van der Waals surface area contributed by atoms with Gasteiger partial charge in [-0.3, -0.25) is 14.2 Å². The lowest BCUT2D eigenvalue weighted by Crippen LogP contribution is -2.35. The molecule has 1 N–H and O–H groups in total. The average Bonchev–Trinajstić information content (AvgIpc) is 2.65. The highest BCUT2D eigenvalue weighted by Crippen LogP contribution is 2.26. The van der Waals surface area contributed by atoms with E-state index in [-0.39, 0.29) is 30.5 Å². The van der Waals surface area contributed by atoms with Crippen LogP contribution in [0.3, 0.4) is 0 Å². The first-order valence-electron chi connectivity index (χ1n) is 8.17. The zero-order chi connectivity index (χ0) is 17.3. The van der Waals surface area contributed by atoms with Gasteiger partial charge in [0.2, 0.25) is 15.9 Å². The first-order chi connectivity index (χ1) is 11.3. The van der Waals surface area contributed by atoms with E-state index >= 15 is 0 Å². The van der Waals surface area contributed by atoms with Gasteiger partial charge in [0.25, 0.3) is 5.56 Å². The van der Waals surface area contributed by atoms with Crippen molar-refractivity contribution in [1.29, 1.82) is 0 Å². The van der Waals surface area contributed by atoms with Crippen molar-refractivity contribution in [2.45, 2.75) is 45.3 Å². The normalized spacial score (nSPS) is 19.2. The topological polar surface area (TPSA) is 101 Å².